The van der Waals surface area contributed by atoms with Crippen molar-refractivity contribution in [2.45, 2.75) is 82.1 Å². The molecular formula is C56H58Cl2Zr-2. The molecule has 1 aliphatic rings. The van der Waals surface area contributed by atoms with Crippen LogP contribution in [0.5, 0.6) is 0 Å². The summed E-state index contributed by atoms with van der Waals surface area (Å²) in [4.78, 5) is 0. The van der Waals surface area contributed by atoms with E-state index in [2.05, 4.69) is 215 Å². The van der Waals surface area contributed by atoms with Crippen molar-refractivity contribution in [2.24, 2.45) is 11.3 Å². The van der Waals surface area contributed by atoms with Gasteiger partial charge >= 0.3 is 99.2 Å². The summed E-state index contributed by atoms with van der Waals surface area (Å²) in [5.74, 6) is 0.587. The first kappa shape index (κ1) is 47.7. The normalized spacial score (nSPS) is 13.1. The Kier molecular flexibility index (Phi) is 17.0. The van der Waals surface area contributed by atoms with Gasteiger partial charge in [0.2, 0.25) is 0 Å². The van der Waals surface area contributed by atoms with E-state index in [4.69, 9.17) is 0 Å². The molecule has 8 rings (SSSR count). The molecule has 0 heterocycles. The fourth-order valence-electron chi connectivity index (χ4n) is 8.43. The molecule has 0 aliphatic heterocycles. The molecule has 0 N–H and O–H groups in total. The van der Waals surface area contributed by atoms with Crippen molar-refractivity contribution in [3.8, 4) is 22.3 Å². The molecule has 0 bridgehead atoms. The molecule has 0 spiro atoms. The summed E-state index contributed by atoms with van der Waals surface area (Å²) >= 11 is 1.46. The van der Waals surface area contributed by atoms with Crippen LogP contribution in [0, 0.1) is 59.0 Å². The van der Waals surface area contributed by atoms with E-state index in [1.54, 1.807) is 0 Å². The van der Waals surface area contributed by atoms with Gasteiger partial charge in [0.15, 0.2) is 0 Å². The number of hydrogen-bond donors (Lipinski definition) is 0. The maximum absolute atomic E-state index is 3.40. The molecular weight excluding hydrogens is 835 g/mol. The van der Waals surface area contributed by atoms with Crippen LogP contribution in [0.2, 0.25) is 0 Å². The van der Waals surface area contributed by atoms with Gasteiger partial charge in [-0.3, -0.25) is 6.08 Å². The van der Waals surface area contributed by atoms with E-state index < -0.39 is 0 Å². The fourth-order valence-corrected chi connectivity index (χ4v) is 9.25. The molecule has 0 nitrogen and oxygen atoms in total. The summed E-state index contributed by atoms with van der Waals surface area (Å²) in [6.45, 7) is 22.2. The molecule has 0 amide bonds. The second-order valence-electron chi connectivity index (χ2n) is 17.0. The monoisotopic (exact) mass is 890 g/mol. The molecule has 1 unspecified atom stereocenters. The second-order valence-corrected chi connectivity index (χ2v) is 18.2. The molecule has 302 valence electrons. The SMILES string of the molecule is CCCC1[C-]=CC(C(C)(C)C)=C1.Cc1cc(C)c(-c2ccc3c(c2)[cH-]c2cc(-c4c(C)cc(C)cc4C)ccc23)c(C)c1.[Cl-].[Cl-].[Zr+2]=[C](c1ccccc1)c1ccccc1. The first-order chi connectivity index (χ1) is 27.2. The molecule has 1 atom stereocenters. The molecule has 7 aromatic carbocycles. The van der Waals surface area contributed by atoms with Crippen LogP contribution in [0.15, 0.2) is 145 Å². The number of halogens is 2. The summed E-state index contributed by atoms with van der Waals surface area (Å²) in [5.41, 5.74) is 17.8. The van der Waals surface area contributed by atoms with Crippen LogP contribution in [-0.4, -0.2) is 3.21 Å². The standard InChI is InChI=1S/C31H29.C13H10.C12H19.2ClH.Zr/c1-18-11-20(3)30(21(4)12-18)24-7-9-28-26(15-24)17-27-16-25(8-10-29(27)28)31-22(5)13-19(2)14-23(31)6;1-3-7-12(8-4-1)11-13-9-5-2-6-10-13;1-5-6-10-7-8-11(9-10)12(2,3)4;;;/h7-17H,1-6H3;1-10H;8-10H,5-6H2,1-4H3;2*1H;/q-1;;-1;;;+2/p-2. The van der Waals surface area contributed by atoms with Gasteiger partial charge in [-0.25, -0.2) is 6.08 Å². The van der Waals surface area contributed by atoms with Crippen LogP contribution in [0.4, 0.5) is 0 Å². The van der Waals surface area contributed by atoms with E-state index in [9.17, 15) is 0 Å². The Morgan fingerprint density at radius 2 is 1.00 bits per heavy atom. The summed E-state index contributed by atoms with van der Waals surface area (Å²) in [6.07, 6.45) is 10.4. The van der Waals surface area contributed by atoms with Crippen LogP contribution < -0.4 is 24.8 Å². The maximum atomic E-state index is 3.40. The van der Waals surface area contributed by atoms with Crippen molar-refractivity contribution >= 4 is 24.8 Å². The van der Waals surface area contributed by atoms with E-state index in [-0.39, 0.29) is 24.8 Å². The Morgan fingerprint density at radius 1 is 0.593 bits per heavy atom. The molecule has 7 aromatic rings. The quantitative estimate of drug-likeness (QED) is 0.146. The van der Waals surface area contributed by atoms with Crippen molar-refractivity contribution in [1.29, 1.82) is 0 Å². The van der Waals surface area contributed by atoms with Crippen molar-refractivity contribution < 1.29 is 49.0 Å². The first-order valence-corrected chi connectivity index (χ1v) is 21.8. The topological polar surface area (TPSA) is 0 Å². The predicted octanol–water partition coefficient (Wildman–Crippen LogP) is 9.45. The van der Waals surface area contributed by atoms with Crippen molar-refractivity contribution in [3.05, 3.63) is 196 Å². The van der Waals surface area contributed by atoms with Crippen molar-refractivity contribution in [2.75, 3.05) is 0 Å². The summed E-state index contributed by atoms with van der Waals surface area (Å²) < 4.78 is 1.42. The number of allylic oxidation sites excluding steroid dienone is 4. The van der Waals surface area contributed by atoms with Crippen molar-refractivity contribution in [3.63, 3.8) is 0 Å². The third kappa shape index (κ3) is 11.6. The Morgan fingerprint density at radius 3 is 1.36 bits per heavy atom. The van der Waals surface area contributed by atoms with Crippen LogP contribution in [0.1, 0.15) is 85.0 Å². The summed E-state index contributed by atoms with van der Waals surface area (Å²) in [7, 11) is 0. The number of rotatable bonds is 6. The van der Waals surface area contributed by atoms with E-state index >= 15 is 0 Å². The molecule has 0 saturated carbocycles. The summed E-state index contributed by atoms with van der Waals surface area (Å²) in [6, 6.07) is 46.5. The Labute approximate surface area is 382 Å². The van der Waals surface area contributed by atoms with Crippen LogP contribution in [0.25, 0.3) is 43.8 Å². The molecule has 0 aromatic heterocycles. The third-order valence-electron chi connectivity index (χ3n) is 11.1. The van der Waals surface area contributed by atoms with Crippen LogP contribution in [0.3, 0.4) is 0 Å². The minimum absolute atomic E-state index is 0. The zero-order valence-electron chi connectivity index (χ0n) is 36.5. The Hall–Kier alpha value is -4.00. The average molecular weight is 893 g/mol. The molecule has 3 heteroatoms. The third-order valence-corrected chi connectivity index (χ3v) is 12.5. The zero-order chi connectivity index (χ0) is 40.9. The van der Waals surface area contributed by atoms with Crippen LogP contribution >= 0.6 is 0 Å². The van der Waals surface area contributed by atoms with Gasteiger partial charge in [0.25, 0.3) is 0 Å². The van der Waals surface area contributed by atoms with Gasteiger partial charge < -0.3 is 24.8 Å². The molecule has 0 radical (unpaired) electrons. The van der Waals surface area contributed by atoms with Crippen molar-refractivity contribution in [1.82, 2.24) is 0 Å². The Balaban J connectivity index is 0.000000228. The molecule has 1 aliphatic carbocycles. The van der Waals surface area contributed by atoms with Gasteiger partial charge in [-0.15, -0.1) is 39.7 Å². The fraction of sp³-hybridized carbons (Fsp3) is 0.250. The van der Waals surface area contributed by atoms with Gasteiger partial charge in [-0.2, -0.15) is 11.6 Å². The minimum atomic E-state index is 0. The average Bonchev–Trinajstić information content (AvgIpc) is 3.80. The van der Waals surface area contributed by atoms with Gasteiger partial charge in [-0.1, -0.05) is 123 Å². The van der Waals surface area contributed by atoms with Gasteiger partial charge in [0.05, 0.1) is 0 Å². The number of fused-ring (bicyclic) bond motifs is 3. The van der Waals surface area contributed by atoms with Crippen LogP contribution in [-0.2, 0) is 24.2 Å². The summed E-state index contributed by atoms with van der Waals surface area (Å²) in [5, 5.41) is 5.32. The molecule has 0 saturated heterocycles. The van der Waals surface area contributed by atoms with E-state index in [1.165, 1.54) is 134 Å². The van der Waals surface area contributed by atoms with E-state index in [0.29, 0.717) is 11.3 Å². The number of aryl methyl sites for hydroxylation is 6. The molecule has 59 heavy (non-hydrogen) atoms. The molecule has 0 fully saturated rings. The predicted molar refractivity (Wildman–Crippen MR) is 246 cm³/mol. The first-order valence-electron chi connectivity index (χ1n) is 20.5. The van der Waals surface area contributed by atoms with E-state index in [1.807, 2.05) is 0 Å². The second kappa shape index (κ2) is 21.0. The van der Waals surface area contributed by atoms with E-state index in [0.717, 1.165) is 0 Å². The Bertz CT molecular complexity index is 2380. The number of benzene rings is 6. The zero-order valence-corrected chi connectivity index (χ0v) is 40.5. The number of hydrogen-bond acceptors (Lipinski definition) is 0. The van der Waals surface area contributed by atoms with Gasteiger partial charge in [0.1, 0.15) is 0 Å². The van der Waals surface area contributed by atoms with Gasteiger partial charge in [-0.05, 0) is 74.9 Å². The van der Waals surface area contributed by atoms with Gasteiger partial charge in [0, 0.05) is 0 Å².